The van der Waals surface area contributed by atoms with Crippen molar-refractivity contribution in [1.82, 2.24) is 14.8 Å². The van der Waals surface area contributed by atoms with Crippen LogP contribution in [0.5, 0.6) is 5.19 Å². The van der Waals surface area contributed by atoms with E-state index in [1.54, 1.807) is 11.3 Å². The molecular formula is C23H33N3O8S. The molecular weight excluding hydrogens is 478 g/mol. The summed E-state index contributed by atoms with van der Waals surface area (Å²) in [4.78, 5) is 42.5. The molecule has 2 unspecified atom stereocenters. The van der Waals surface area contributed by atoms with Gasteiger partial charge in [0.2, 0.25) is 5.91 Å². The molecule has 0 aromatic carbocycles. The molecule has 2 saturated carbocycles. The van der Waals surface area contributed by atoms with Crippen LogP contribution in [-0.4, -0.2) is 97.0 Å². The normalized spacial score (nSPS) is 22.7. The number of fused-ring (bicyclic) bond motifs is 1. The summed E-state index contributed by atoms with van der Waals surface area (Å²) in [5.41, 5.74) is 1.16. The fourth-order valence-corrected chi connectivity index (χ4v) is 5.56. The summed E-state index contributed by atoms with van der Waals surface area (Å²) in [5.74, 6) is -2.87. The molecule has 2 atom stereocenters. The summed E-state index contributed by atoms with van der Waals surface area (Å²) in [5, 5.41) is 33.4. The van der Waals surface area contributed by atoms with Gasteiger partial charge in [-0.15, -0.1) is 0 Å². The van der Waals surface area contributed by atoms with Crippen molar-refractivity contribution in [2.45, 2.75) is 82.3 Å². The van der Waals surface area contributed by atoms with E-state index in [9.17, 15) is 14.4 Å². The van der Waals surface area contributed by atoms with Crippen LogP contribution in [0.2, 0.25) is 0 Å². The van der Waals surface area contributed by atoms with Crippen LogP contribution in [-0.2, 0) is 27.3 Å². The molecule has 12 heteroatoms. The maximum absolute atomic E-state index is 12.3. The van der Waals surface area contributed by atoms with Gasteiger partial charge in [-0.1, -0.05) is 17.8 Å². The van der Waals surface area contributed by atoms with Gasteiger partial charge in [-0.05, 0) is 38.5 Å². The van der Waals surface area contributed by atoms with E-state index in [0.29, 0.717) is 17.9 Å². The number of likely N-dealkylation sites (tertiary alicyclic amines) is 1. The van der Waals surface area contributed by atoms with E-state index in [-0.39, 0.29) is 0 Å². The number of hydrogen-bond acceptors (Lipinski definition) is 9. The zero-order valence-corrected chi connectivity index (χ0v) is 20.4. The summed E-state index contributed by atoms with van der Waals surface area (Å²) in [6.07, 6.45) is 5.25. The topological polar surface area (TPSA) is 161 Å². The Morgan fingerprint density at radius 2 is 1.57 bits per heavy atom. The number of carbonyl (C=O) groups is 3. The second kappa shape index (κ2) is 11.2. The molecule has 3 heterocycles. The van der Waals surface area contributed by atoms with Gasteiger partial charge in [0, 0.05) is 38.0 Å². The second-order valence-electron chi connectivity index (χ2n) is 9.64. The highest BCUT2D eigenvalue weighted by Crippen LogP contribution is 2.36. The Labute approximate surface area is 207 Å². The van der Waals surface area contributed by atoms with Crippen LogP contribution >= 0.6 is 11.3 Å². The van der Waals surface area contributed by atoms with Gasteiger partial charge < -0.3 is 35.0 Å². The lowest BCUT2D eigenvalue weighted by Gasteiger charge is -2.41. The van der Waals surface area contributed by atoms with Crippen molar-refractivity contribution < 1.29 is 39.5 Å². The van der Waals surface area contributed by atoms with Crippen LogP contribution in [0.3, 0.4) is 0 Å². The molecule has 2 aliphatic carbocycles. The van der Waals surface area contributed by atoms with E-state index in [2.05, 4.69) is 4.90 Å². The van der Waals surface area contributed by atoms with Crippen molar-refractivity contribution in [2.24, 2.45) is 5.92 Å². The van der Waals surface area contributed by atoms with Gasteiger partial charge in [0.1, 0.15) is 6.10 Å². The molecule has 1 amide bonds. The van der Waals surface area contributed by atoms with E-state index >= 15 is 0 Å². The third-order valence-electron chi connectivity index (χ3n) is 7.09. The number of amides is 1. The van der Waals surface area contributed by atoms with Gasteiger partial charge >= 0.3 is 11.9 Å². The van der Waals surface area contributed by atoms with Gasteiger partial charge in [-0.2, -0.15) is 0 Å². The second-order valence-corrected chi connectivity index (χ2v) is 10.7. The first-order chi connectivity index (χ1) is 16.7. The van der Waals surface area contributed by atoms with Crippen molar-refractivity contribution in [2.75, 3.05) is 19.6 Å². The number of thiazole rings is 1. The molecule has 194 valence electrons. The largest absolute Gasteiger partial charge is 0.479 e. The number of carboxylic acid groups (broad SMARTS) is 2. The average Bonchev–Trinajstić information content (AvgIpc) is 3.57. The number of aliphatic hydroxyl groups excluding tert-OH is 2. The van der Waals surface area contributed by atoms with E-state index in [0.717, 1.165) is 62.1 Å². The zero-order chi connectivity index (χ0) is 25.1. The number of aliphatic hydroxyl groups is 2. The Morgan fingerprint density at radius 1 is 0.943 bits per heavy atom. The minimum atomic E-state index is -2.27. The first kappa shape index (κ1) is 25.8. The maximum atomic E-state index is 12.3. The number of nitrogens with zero attached hydrogens (tertiary/aromatic N) is 3. The lowest BCUT2D eigenvalue weighted by Crippen LogP contribution is -2.46. The highest BCUT2D eigenvalue weighted by molar-refractivity contribution is 7.13. The zero-order valence-electron chi connectivity index (χ0n) is 19.5. The van der Waals surface area contributed by atoms with Crippen LogP contribution in [0.15, 0.2) is 0 Å². The standard InChI is InChI=1S/C19H27N3O2S.C4H6O6/c23-18(13-4-5-13)22-11-8-16-17(12-22)25-19(20-16)24-15-6-9-21(10-7-15)14-2-1-3-14;5-1(3(7)8)2(6)4(9)10/h13-15H,1-12H2;1-2,5-6H,(H,7,8)(H,9,10). The molecule has 1 saturated heterocycles. The number of aliphatic carboxylic acids is 2. The maximum Gasteiger partial charge on any atom is 0.335 e. The van der Waals surface area contributed by atoms with Gasteiger partial charge in [0.05, 0.1) is 17.1 Å². The van der Waals surface area contributed by atoms with Crippen molar-refractivity contribution in [3.05, 3.63) is 10.6 Å². The number of rotatable bonds is 7. The van der Waals surface area contributed by atoms with E-state index in [1.165, 1.54) is 37.2 Å². The van der Waals surface area contributed by atoms with Crippen LogP contribution in [0, 0.1) is 5.92 Å². The highest BCUT2D eigenvalue weighted by Gasteiger charge is 2.36. The molecule has 4 aliphatic rings. The van der Waals surface area contributed by atoms with E-state index < -0.39 is 24.1 Å². The first-order valence-corrected chi connectivity index (χ1v) is 13.0. The molecule has 0 bridgehead atoms. The fraction of sp³-hybridized carbons (Fsp3) is 0.739. The fourth-order valence-electron chi connectivity index (χ4n) is 4.52. The minimum absolute atomic E-state index is 0.311. The predicted octanol–water partition coefficient (Wildman–Crippen LogP) is 0.711. The lowest BCUT2D eigenvalue weighted by atomic mass is 9.90. The summed E-state index contributed by atoms with van der Waals surface area (Å²) in [6.45, 7) is 3.91. The Kier molecular flexibility index (Phi) is 8.25. The molecule has 4 N–H and O–H groups in total. The van der Waals surface area contributed by atoms with E-state index in [4.69, 9.17) is 30.1 Å². The summed E-state index contributed by atoms with van der Waals surface area (Å²) >= 11 is 1.66. The van der Waals surface area contributed by atoms with E-state index in [1.807, 2.05) is 4.90 Å². The molecule has 35 heavy (non-hydrogen) atoms. The van der Waals surface area contributed by atoms with Crippen LogP contribution in [0.25, 0.3) is 0 Å². The smallest absolute Gasteiger partial charge is 0.335 e. The van der Waals surface area contributed by atoms with Crippen molar-refractivity contribution in [1.29, 1.82) is 0 Å². The van der Waals surface area contributed by atoms with Gasteiger partial charge in [-0.3, -0.25) is 4.79 Å². The Hall–Kier alpha value is -2.28. The van der Waals surface area contributed by atoms with Crippen LogP contribution < -0.4 is 4.74 Å². The Morgan fingerprint density at radius 3 is 2.09 bits per heavy atom. The minimum Gasteiger partial charge on any atom is -0.479 e. The number of ether oxygens (including phenoxy) is 1. The number of aromatic nitrogens is 1. The van der Waals surface area contributed by atoms with Crippen LogP contribution in [0.1, 0.15) is 55.5 Å². The quantitative estimate of drug-likeness (QED) is 0.410. The third kappa shape index (κ3) is 6.49. The number of carbonyl (C=O) groups excluding carboxylic acids is 1. The number of carboxylic acids is 2. The third-order valence-corrected chi connectivity index (χ3v) is 8.06. The number of hydrogen-bond donors (Lipinski definition) is 4. The van der Waals surface area contributed by atoms with Crippen LogP contribution in [0.4, 0.5) is 0 Å². The van der Waals surface area contributed by atoms with Crippen molar-refractivity contribution in [3.63, 3.8) is 0 Å². The van der Waals surface area contributed by atoms with Crippen molar-refractivity contribution in [3.8, 4) is 5.19 Å². The molecule has 1 aromatic rings. The molecule has 11 nitrogen and oxygen atoms in total. The summed E-state index contributed by atoms with van der Waals surface area (Å²) in [7, 11) is 0. The molecule has 0 radical (unpaired) electrons. The molecule has 2 aliphatic heterocycles. The van der Waals surface area contributed by atoms with Gasteiger partial charge in [-0.25, -0.2) is 14.6 Å². The van der Waals surface area contributed by atoms with Gasteiger partial charge in [0.15, 0.2) is 12.2 Å². The van der Waals surface area contributed by atoms with Crippen molar-refractivity contribution >= 4 is 29.2 Å². The Bertz CT molecular complexity index is 906. The SMILES string of the molecule is O=C(C1CC1)N1CCc2nc(OC3CCN(C4CCC4)CC3)sc2C1.O=C(O)C(O)C(O)C(=O)O. The molecule has 0 spiro atoms. The summed E-state index contributed by atoms with van der Waals surface area (Å²) < 4.78 is 6.22. The Balaban J connectivity index is 0.000000248. The average molecular weight is 512 g/mol. The summed E-state index contributed by atoms with van der Waals surface area (Å²) in [6, 6.07) is 0.850. The monoisotopic (exact) mass is 511 g/mol. The highest BCUT2D eigenvalue weighted by atomic mass is 32.1. The molecule has 1 aromatic heterocycles. The first-order valence-electron chi connectivity index (χ1n) is 12.2. The predicted molar refractivity (Wildman–Crippen MR) is 124 cm³/mol. The number of piperidine rings is 1. The lowest BCUT2D eigenvalue weighted by molar-refractivity contribution is -0.165. The molecule has 5 rings (SSSR count). The van der Waals surface area contributed by atoms with Gasteiger partial charge in [0.25, 0.3) is 5.19 Å². The molecule has 3 fully saturated rings.